The number of rotatable bonds is 7. The Morgan fingerprint density at radius 1 is 1.23 bits per heavy atom. The molecule has 22 heavy (non-hydrogen) atoms. The van der Waals surface area contributed by atoms with Gasteiger partial charge in [-0.05, 0) is 23.6 Å². The summed E-state index contributed by atoms with van der Waals surface area (Å²) in [5.74, 6) is 0.270. The van der Waals surface area contributed by atoms with Gasteiger partial charge in [0.05, 0.1) is 12.4 Å². The predicted octanol–water partition coefficient (Wildman–Crippen LogP) is 3.01. The maximum Gasteiger partial charge on any atom is 0.0991 e. The summed E-state index contributed by atoms with van der Waals surface area (Å²) in [6, 6.07) is 8.42. The van der Waals surface area contributed by atoms with Crippen molar-refractivity contribution in [1.82, 2.24) is 14.9 Å². The SMILES string of the molecule is CC(C)C(O)C(C)(C)CNCc1ccc(-n2ccnc2)cc1. The molecule has 4 nitrogen and oxygen atoms in total. The van der Waals surface area contributed by atoms with Gasteiger partial charge in [-0.1, -0.05) is 39.8 Å². The van der Waals surface area contributed by atoms with Crippen molar-refractivity contribution in [2.24, 2.45) is 11.3 Å². The van der Waals surface area contributed by atoms with Gasteiger partial charge >= 0.3 is 0 Å². The van der Waals surface area contributed by atoms with Crippen LogP contribution in [0.3, 0.4) is 0 Å². The molecule has 0 bridgehead atoms. The highest BCUT2D eigenvalue weighted by Crippen LogP contribution is 2.25. The van der Waals surface area contributed by atoms with Crippen molar-refractivity contribution in [2.75, 3.05) is 6.54 Å². The van der Waals surface area contributed by atoms with E-state index in [9.17, 15) is 5.11 Å². The standard InChI is InChI=1S/C18H27N3O/c1-14(2)17(22)18(3,4)12-20-11-15-5-7-16(8-6-15)21-10-9-19-13-21/h5-10,13-14,17,20,22H,11-12H2,1-4H3. The first-order valence-electron chi connectivity index (χ1n) is 7.86. The van der Waals surface area contributed by atoms with Crippen LogP contribution in [0.1, 0.15) is 33.3 Å². The Labute approximate surface area is 133 Å². The summed E-state index contributed by atoms with van der Waals surface area (Å²) in [5, 5.41) is 13.7. The van der Waals surface area contributed by atoms with Crippen molar-refractivity contribution in [2.45, 2.75) is 40.3 Å². The molecular formula is C18H27N3O. The molecule has 0 aliphatic rings. The van der Waals surface area contributed by atoms with Crippen molar-refractivity contribution < 1.29 is 5.11 Å². The number of nitrogens with one attached hydrogen (secondary N) is 1. The number of benzene rings is 1. The third-order valence-corrected chi connectivity index (χ3v) is 4.08. The van der Waals surface area contributed by atoms with E-state index in [1.807, 2.05) is 10.8 Å². The second-order valence-electron chi connectivity index (χ2n) is 6.92. The van der Waals surface area contributed by atoms with Crippen molar-refractivity contribution in [3.05, 3.63) is 48.5 Å². The molecule has 0 radical (unpaired) electrons. The maximum atomic E-state index is 10.2. The first kappa shape index (κ1) is 16.7. The number of aromatic nitrogens is 2. The van der Waals surface area contributed by atoms with E-state index < -0.39 is 0 Å². The van der Waals surface area contributed by atoms with Gasteiger partial charge in [0.25, 0.3) is 0 Å². The van der Waals surface area contributed by atoms with Gasteiger partial charge in [-0.25, -0.2) is 4.98 Å². The number of nitrogens with zero attached hydrogens (tertiary/aromatic N) is 2. The largest absolute Gasteiger partial charge is 0.392 e. The highest BCUT2D eigenvalue weighted by atomic mass is 16.3. The fourth-order valence-corrected chi connectivity index (χ4v) is 2.73. The molecule has 1 aromatic carbocycles. The molecule has 1 atom stereocenters. The fraction of sp³-hybridized carbons (Fsp3) is 0.500. The molecule has 2 rings (SSSR count). The van der Waals surface area contributed by atoms with Crippen LogP contribution in [0.25, 0.3) is 5.69 Å². The van der Waals surface area contributed by atoms with E-state index in [0.29, 0.717) is 0 Å². The predicted molar refractivity (Wildman–Crippen MR) is 89.9 cm³/mol. The van der Waals surface area contributed by atoms with Crippen LogP contribution >= 0.6 is 0 Å². The Bertz CT molecular complexity index is 559. The second kappa shape index (κ2) is 7.07. The highest BCUT2D eigenvalue weighted by Gasteiger charge is 2.29. The van der Waals surface area contributed by atoms with Gasteiger partial charge < -0.3 is 15.0 Å². The van der Waals surface area contributed by atoms with Crippen LogP contribution in [0.2, 0.25) is 0 Å². The summed E-state index contributed by atoms with van der Waals surface area (Å²) >= 11 is 0. The lowest BCUT2D eigenvalue weighted by Gasteiger charge is -2.33. The Hall–Kier alpha value is -1.65. The summed E-state index contributed by atoms with van der Waals surface area (Å²) in [6.45, 7) is 9.91. The third-order valence-electron chi connectivity index (χ3n) is 4.08. The lowest BCUT2D eigenvalue weighted by molar-refractivity contribution is 0.0134. The van der Waals surface area contributed by atoms with Crippen LogP contribution in [0.15, 0.2) is 43.0 Å². The lowest BCUT2D eigenvalue weighted by Crippen LogP contribution is -2.41. The van der Waals surface area contributed by atoms with Crippen molar-refractivity contribution in [3.8, 4) is 5.69 Å². The van der Waals surface area contributed by atoms with Gasteiger partial charge in [0, 0.05) is 36.6 Å². The molecule has 0 amide bonds. The zero-order valence-electron chi connectivity index (χ0n) is 14.0. The first-order chi connectivity index (χ1) is 10.4. The molecule has 4 heteroatoms. The number of hydrogen-bond acceptors (Lipinski definition) is 3. The van der Waals surface area contributed by atoms with Crippen LogP contribution in [0, 0.1) is 11.3 Å². The molecule has 0 saturated heterocycles. The summed E-state index contributed by atoms with van der Waals surface area (Å²) in [4.78, 5) is 4.06. The monoisotopic (exact) mass is 301 g/mol. The Morgan fingerprint density at radius 3 is 2.45 bits per heavy atom. The van der Waals surface area contributed by atoms with E-state index in [0.717, 1.165) is 18.8 Å². The normalized spacial score (nSPS) is 13.5. The minimum Gasteiger partial charge on any atom is -0.392 e. The third kappa shape index (κ3) is 4.18. The molecule has 0 fully saturated rings. The Morgan fingerprint density at radius 2 is 1.91 bits per heavy atom. The summed E-state index contributed by atoms with van der Waals surface area (Å²) in [6.07, 6.45) is 5.20. The molecule has 0 aliphatic heterocycles. The average Bonchev–Trinajstić information content (AvgIpc) is 3.01. The van der Waals surface area contributed by atoms with Crippen molar-refractivity contribution in [3.63, 3.8) is 0 Å². The first-order valence-corrected chi connectivity index (χ1v) is 7.86. The van der Waals surface area contributed by atoms with Gasteiger partial charge in [-0.3, -0.25) is 0 Å². The minimum absolute atomic E-state index is 0.134. The fourth-order valence-electron chi connectivity index (χ4n) is 2.73. The zero-order chi connectivity index (χ0) is 16.2. The molecule has 0 spiro atoms. The zero-order valence-corrected chi connectivity index (χ0v) is 14.0. The van der Waals surface area contributed by atoms with Crippen molar-refractivity contribution in [1.29, 1.82) is 0 Å². The van der Waals surface area contributed by atoms with E-state index in [1.54, 1.807) is 12.5 Å². The van der Waals surface area contributed by atoms with E-state index in [2.05, 4.69) is 62.3 Å². The molecule has 1 heterocycles. The van der Waals surface area contributed by atoms with Gasteiger partial charge in [-0.2, -0.15) is 0 Å². The van der Waals surface area contributed by atoms with Crippen LogP contribution in [-0.4, -0.2) is 27.3 Å². The van der Waals surface area contributed by atoms with Gasteiger partial charge in [0.2, 0.25) is 0 Å². The average molecular weight is 301 g/mol. The number of aliphatic hydroxyl groups is 1. The number of hydrogen-bond donors (Lipinski definition) is 2. The Kier molecular flexibility index (Phi) is 5.37. The van der Waals surface area contributed by atoms with E-state index in [1.165, 1.54) is 5.56 Å². The molecule has 0 aliphatic carbocycles. The van der Waals surface area contributed by atoms with Gasteiger partial charge in [0.1, 0.15) is 0 Å². The van der Waals surface area contributed by atoms with Crippen LogP contribution in [-0.2, 0) is 6.54 Å². The quantitative estimate of drug-likeness (QED) is 0.826. The highest BCUT2D eigenvalue weighted by molar-refractivity contribution is 5.34. The molecule has 2 N–H and O–H groups in total. The molecule has 1 aromatic heterocycles. The summed E-state index contributed by atoms with van der Waals surface area (Å²) in [7, 11) is 0. The number of imidazole rings is 1. The van der Waals surface area contributed by atoms with Crippen molar-refractivity contribution >= 4 is 0 Å². The minimum atomic E-state index is -0.302. The summed E-state index contributed by atoms with van der Waals surface area (Å²) < 4.78 is 1.99. The van der Waals surface area contributed by atoms with Crippen LogP contribution in [0.5, 0.6) is 0 Å². The molecule has 2 aromatic rings. The smallest absolute Gasteiger partial charge is 0.0991 e. The molecular weight excluding hydrogens is 274 g/mol. The van der Waals surface area contributed by atoms with E-state index in [4.69, 9.17) is 0 Å². The van der Waals surface area contributed by atoms with E-state index in [-0.39, 0.29) is 17.4 Å². The second-order valence-corrected chi connectivity index (χ2v) is 6.92. The Balaban J connectivity index is 1.87. The summed E-state index contributed by atoms with van der Waals surface area (Å²) in [5.41, 5.74) is 2.21. The lowest BCUT2D eigenvalue weighted by atomic mass is 9.80. The molecule has 1 unspecified atom stereocenters. The topological polar surface area (TPSA) is 50.1 Å². The maximum absolute atomic E-state index is 10.2. The molecule has 120 valence electrons. The van der Waals surface area contributed by atoms with Gasteiger partial charge in [0.15, 0.2) is 0 Å². The van der Waals surface area contributed by atoms with Crippen LogP contribution < -0.4 is 5.32 Å². The van der Waals surface area contributed by atoms with Gasteiger partial charge in [-0.15, -0.1) is 0 Å². The van der Waals surface area contributed by atoms with Crippen LogP contribution in [0.4, 0.5) is 0 Å². The van der Waals surface area contributed by atoms with E-state index >= 15 is 0 Å². The number of aliphatic hydroxyl groups excluding tert-OH is 1. The molecule has 0 saturated carbocycles.